The van der Waals surface area contributed by atoms with Gasteiger partial charge in [0.15, 0.2) is 11.4 Å². The molecule has 11 nitrogen and oxygen atoms in total. The molecule has 4 aromatic rings. The molecule has 4 N–H and O–H groups in total. The number of nitrogens with one attached hydrogen (secondary N) is 2. The van der Waals surface area contributed by atoms with Crippen molar-refractivity contribution in [3.63, 3.8) is 0 Å². The number of anilines is 1. The number of nitrogens with zero attached hydrogens (tertiary/aromatic N) is 3. The van der Waals surface area contributed by atoms with Gasteiger partial charge in [0, 0.05) is 18.3 Å². The molecule has 0 aliphatic carbocycles. The summed E-state index contributed by atoms with van der Waals surface area (Å²) >= 11 is 0. The Labute approximate surface area is 195 Å². The Balaban J connectivity index is 1.55. The van der Waals surface area contributed by atoms with Crippen LogP contribution in [0.25, 0.3) is 11.0 Å². The standard InChI is InChI=1S/C22H24N6O5S/c1-14-7-15(12-28-13-16(11-25-28)10-24-20(29)9-23)8-18-21(14)22(26-33-18)27-34(30,31)19-6-4-3-5-17(19)32-2/h3-8,11,13H,9-10,12,23H2,1-2H3,(H,24,29)(H,26,27). The van der Waals surface area contributed by atoms with Crippen LogP contribution in [0.1, 0.15) is 16.7 Å². The summed E-state index contributed by atoms with van der Waals surface area (Å²) in [6, 6.07) is 10.0. The first-order valence-electron chi connectivity index (χ1n) is 10.3. The van der Waals surface area contributed by atoms with Crippen LogP contribution in [-0.2, 0) is 27.9 Å². The molecule has 4 rings (SSSR count). The topological polar surface area (TPSA) is 154 Å². The van der Waals surface area contributed by atoms with E-state index in [-0.39, 0.29) is 28.9 Å². The Morgan fingerprint density at radius 1 is 1.24 bits per heavy atom. The van der Waals surface area contributed by atoms with Crippen LogP contribution < -0.4 is 20.5 Å². The molecule has 0 aliphatic rings. The molecule has 0 atom stereocenters. The average molecular weight is 485 g/mol. The van der Waals surface area contributed by atoms with E-state index in [1.54, 1.807) is 35.1 Å². The highest BCUT2D eigenvalue weighted by molar-refractivity contribution is 7.92. The number of hydrogen-bond acceptors (Lipinski definition) is 8. The van der Waals surface area contributed by atoms with E-state index in [0.717, 1.165) is 16.7 Å². The van der Waals surface area contributed by atoms with Crippen LogP contribution in [-0.4, -0.2) is 42.9 Å². The number of amides is 1. The number of rotatable bonds is 9. The molecule has 0 saturated heterocycles. The Bertz CT molecular complexity index is 1440. The number of ether oxygens (including phenoxy) is 1. The third kappa shape index (κ3) is 4.87. The molecular formula is C22H24N6O5S. The molecule has 0 saturated carbocycles. The summed E-state index contributed by atoms with van der Waals surface area (Å²) in [4.78, 5) is 11.3. The fraction of sp³-hybridized carbons (Fsp3) is 0.227. The maximum absolute atomic E-state index is 12.9. The largest absolute Gasteiger partial charge is 0.495 e. The number of methoxy groups -OCH3 is 1. The predicted octanol–water partition coefficient (Wildman–Crippen LogP) is 1.77. The van der Waals surface area contributed by atoms with Crippen LogP contribution in [0.4, 0.5) is 5.82 Å². The van der Waals surface area contributed by atoms with Gasteiger partial charge in [-0.15, -0.1) is 0 Å². The minimum atomic E-state index is -3.95. The van der Waals surface area contributed by atoms with Crippen LogP contribution in [0.3, 0.4) is 0 Å². The van der Waals surface area contributed by atoms with Crippen molar-refractivity contribution >= 4 is 32.7 Å². The highest BCUT2D eigenvalue weighted by atomic mass is 32.2. The van der Waals surface area contributed by atoms with E-state index in [9.17, 15) is 13.2 Å². The van der Waals surface area contributed by atoms with Gasteiger partial charge in [-0.25, -0.2) is 8.42 Å². The Kier molecular flexibility index (Phi) is 6.52. The minimum Gasteiger partial charge on any atom is -0.495 e. The third-order valence-corrected chi connectivity index (χ3v) is 6.51. The molecule has 0 bridgehead atoms. The van der Waals surface area contributed by atoms with Crippen LogP contribution in [0, 0.1) is 6.92 Å². The number of hydrogen-bond donors (Lipinski definition) is 3. The second-order valence-corrected chi connectivity index (χ2v) is 9.25. The summed E-state index contributed by atoms with van der Waals surface area (Å²) in [6.07, 6.45) is 3.49. The zero-order valence-electron chi connectivity index (χ0n) is 18.6. The number of nitrogens with two attached hydrogens (primary N) is 1. The van der Waals surface area contributed by atoms with Crippen LogP contribution in [0.2, 0.25) is 0 Å². The smallest absolute Gasteiger partial charge is 0.266 e. The van der Waals surface area contributed by atoms with Gasteiger partial charge in [-0.05, 0) is 36.2 Å². The highest BCUT2D eigenvalue weighted by Crippen LogP contribution is 2.31. The third-order valence-electron chi connectivity index (χ3n) is 5.13. The van der Waals surface area contributed by atoms with Crippen molar-refractivity contribution in [3.05, 3.63) is 65.5 Å². The number of aryl methyl sites for hydroxylation is 1. The lowest BCUT2D eigenvalue weighted by Crippen LogP contribution is -2.29. The van der Waals surface area contributed by atoms with E-state index >= 15 is 0 Å². The van der Waals surface area contributed by atoms with Gasteiger partial charge in [0.25, 0.3) is 10.0 Å². The van der Waals surface area contributed by atoms with Gasteiger partial charge in [-0.1, -0.05) is 23.4 Å². The second-order valence-electron chi connectivity index (χ2n) is 7.60. The fourth-order valence-electron chi connectivity index (χ4n) is 3.57. The van der Waals surface area contributed by atoms with Gasteiger partial charge in [0.05, 0.1) is 31.8 Å². The van der Waals surface area contributed by atoms with Crippen molar-refractivity contribution in [2.75, 3.05) is 18.4 Å². The van der Waals surface area contributed by atoms with E-state index < -0.39 is 10.0 Å². The first-order chi connectivity index (χ1) is 16.3. The maximum Gasteiger partial charge on any atom is 0.266 e. The number of para-hydroxylation sites is 1. The Hall–Kier alpha value is -3.90. The van der Waals surface area contributed by atoms with Gasteiger partial charge in [0.2, 0.25) is 5.91 Å². The molecule has 0 fully saturated rings. The number of carbonyl (C=O) groups is 1. The van der Waals surface area contributed by atoms with E-state index in [0.29, 0.717) is 24.1 Å². The number of sulfonamides is 1. The molecule has 0 radical (unpaired) electrons. The molecule has 2 aromatic carbocycles. The lowest BCUT2D eigenvalue weighted by Gasteiger charge is -2.10. The monoisotopic (exact) mass is 484 g/mol. The van der Waals surface area contributed by atoms with Crippen molar-refractivity contribution in [2.24, 2.45) is 5.73 Å². The molecule has 1 amide bonds. The summed E-state index contributed by atoms with van der Waals surface area (Å²) < 4.78 is 40.7. The zero-order valence-corrected chi connectivity index (χ0v) is 19.4. The van der Waals surface area contributed by atoms with Crippen LogP contribution >= 0.6 is 0 Å². The molecule has 34 heavy (non-hydrogen) atoms. The van der Waals surface area contributed by atoms with Crippen molar-refractivity contribution in [1.29, 1.82) is 0 Å². The summed E-state index contributed by atoms with van der Waals surface area (Å²) in [5, 5.41) is 11.5. The summed E-state index contributed by atoms with van der Waals surface area (Å²) in [6.45, 7) is 2.57. The van der Waals surface area contributed by atoms with Gasteiger partial charge in [0.1, 0.15) is 10.6 Å². The SMILES string of the molecule is COc1ccccc1S(=O)(=O)Nc1noc2cc(Cn3cc(CNC(=O)CN)cn3)cc(C)c12. The summed E-state index contributed by atoms with van der Waals surface area (Å²) in [5.41, 5.74) is 8.25. The molecule has 178 valence electrons. The van der Waals surface area contributed by atoms with Crippen molar-refractivity contribution in [1.82, 2.24) is 20.3 Å². The molecule has 0 unspecified atom stereocenters. The highest BCUT2D eigenvalue weighted by Gasteiger charge is 2.23. The van der Waals surface area contributed by atoms with E-state index in [2.05, 4.69) is 20.3 Å². The average Bonchev–Trinajstić information content (AvgIpc) is 3.44. The molecule has 0 spiro atoms. The summed E-state index contributed by atoms with van der Waals surface area (Å²) in [5.74, 6) is 0.0845. The molecule has 2 heterocycles. The van der Waals surface area contributed by atoms with Crippen LogP contribution in [0.15, 0.2) is 58.2 Å². The van der Waals surface area contributed by atoms with E-state index in [4.69, 9.17) is 15.0 Å². The molecule has 2 aromatic heterocycles. The minimum absolute atomic E-state index is 0.0000574. The van der Waals surface area contributed by atoms with Gasteiger partial charge in [-0.3, -0.25) is 14.2 Å². The number of benzene rings is 2. The van der Waals surface area contributed by atoms with Crippen LogP contribution in [0.5, 0.6) is 5.75 Å². The predicted molar refractivity (Wildman–Crippen MR) is 125 cm³/mol. The van der Waals surface area contributed by atoms with Gasteiger partial charge < -0.3 is 20.3 Å². The molecular weight excluding hydrogens is 460 g/mol. The van der Waals surface area contributed by atoms with Crippen molar-refractivity contribution < 1.29 is 22.5 Å². The fourth-order valence-corrected chi connectivity index (χ4v) is 4.75. The number of fused-ring (bicyclic) bond motifs is 1. The molecule has 12 heteroatoms. The van der Waals surface area contributed by atoms with Crippen molar-refractivity contribution in [2.45, 2.75) is 24.9 Å². The Morgan fingerprint density at radius 2 is 2.03 bits per heavy atom. The Morgan fingerprint density at radius 3 is 2.79 bits per heavy atom. The second kappa shape index (κ2) is 9.53. The van der Waals surface area contributed by atoms with Crippen molar-refractivity contribution in [3.8, 4) is 5.75 Å². The summed E-state index contributed by atoms with van der Waals surface area (Å²) in [7, 11) is -2.55. The first kappa shape index (κ1) is 23.3. The quantitative estimate of drug-likeness (QED) is 0.325. The number of carbonyl (C=O) groups excluding carboxylic acids is 1. The maximum atomic E-state index is 12.9. The lowest BCUT2D eigenvalue weighted by atomic mass is 10.1. The lowest BCUT2D eigenvalue weighted by molar-refractivity contribution is -0.119. The van der Waals surface area contributed by atoms with Gasteiger partial charge >= 0.3 is 0 Å². The van der Waals surface area contributed by atoms with E-state index in [1.807, 2.05) is 19.2 Å². The van der Waals surface area contributed by atoms with Gasteiger partial charge in [-0.2, -0.15) is 5.10 Å². The molecule has 0 aliphatic heterocycles. The first-order valence-corrected chi connectivity index (χ1v) is 11.8. The number of aromatic nitrogens is 3. The zero-order chi connectivity index (χ0) is 24.3. The van der Waals surface area contributed by atoms with E-state index in [1.165, 1.54) is 13.2 Å². The normalized spacial score (nSPS) is 11.5.